The van der Waals surface area contributed by atoms with E-state index in [1.165, 1.54) is 6.07 Å². The van der Waals surface area contributed by atoms with Crippen LogP contribution in [0.15, 0.2) is 23.4 Å². The second-order valence-electron chi connectivity index (χ2n) is 2.37. The van der Waals surface area contributed by atoms with Gasteiger partial charge < -0.3 is 9.94 Å². The van der Waals surface area contributed by atoms with Crippen LogP contribution >= 0.6 is 0 Å². The fraction of sp³-hybridized carbons (Fsp3) is 0.111. The van der Waals surface area contributed by atoms with E-state index in [1.54, 1.807) is 6.07 Å². The lowest BCUT2D eigenvalue weighted by molar-refractivity contribution is 0.180. The number of hydrogen-bond acceptors (Lipinski definition) is 4. The van der Waals surface area contributed by atoms with Gasteiger partial charge in [0.2, 0.25) is 6.61 Å². The van der Waals surface area contributed by atoms with Crippen molar-refractivity contribution in [1.82, 2.24) is 0 Å². The third kappa shape index (κ3) is 2.75. The molecule has 0 unspecified atom stereocenters. The van der Waals surface area contributed by atoms with E-state index in [0.29, 0.717) is 0 Å². The van der Waals surface area contributed by atoms with Gasteiger partial charge in [0.25, 0.3) is 0 Å². The van der Waals surface area contributed by atoms with Crippen molar-refractivity contribution in [2.45, 2.75) is 0 Å². The molecule has 0 aliphatic carbocycles. The first-order chi connectivity index (χ1) is 6.74. The fourth-order valence-electron chi connectivity index (χ4n) is 0.789. The standard InChI is InChI=1S/C9H7FN2O2/c10-8-1-2-9(13)7(5-8)6-12-14-4-3-11/h1-2,5-6,13H,4H2/b12-6+. The maximum Gasteiger partial charge on any atom is 0.202 e. The maximum absolute atomic E-state index is 12.7. The monoisotopic (exact) mass is 194 g/mol. The number of phenolic OH excluding ortho intramolecular Hbond substituents is 1. The third-order valence-corrected chi connectivity index (χ3v) is 1.39. The number of nitrogens with zero attached hydrogens (tertiary/aromatic N) is 2. The van der Waals surface area contributed by atoms with Crippen molar-refractivity contribution in [2.24, 2.45) is 5.16 Å². The zero-order valence-electron chi connectivity index (χ0n) is 7.14. The van der Waals surface area contributed by atoms with E-state index in [0.717, 1.165) is 18.3 Å². The molecule has 0 spiro atoms. The number of halogens is 1. The lowest BCUT2D eigenvalue weighted by atomic mass is 10.2. The van der Waals surface area contributed by atoms with E-state index in [2.05, 4.69) is 9.99 Å². The van der Waals surface area contributed by atoms with Gasteiger partial charge in [0.1, 0.15) is 17.6 Å². The first-order valence-electron chi connectivity index (χ1n) is 3.75. The van der Waals surface area contributed by atoms with Crippen LogP contribution in [0, 0.1) is 17.1 Å². The molecule has 14 heavy (non-hydrogen) atoms. The highest BCUT2D eigenvalue weighted by Crippen LogP contribution is 2.15. The molecule has 4 nitrogen and oxygen atoms in total. The van der Waals surface area contributed by atoms with Crippen LogP contribution in [0.1, 0.15) is 5.56 Å². The number of aromatic hydroxyl groups is 1. The number of oxime groups is 1. The third-order valence-electron chi connectivity index (χ3n) is 1.39. The zero-order valence-corrected chi connectivity index (χ0v) is 7.14. The summed E-state index contributed by atoms with van der Waals surface area (Å²) in [6.45, 7) is -0.188. The summed E-state index contributed by atoms with van der Waals surface area (Å²) in [5.41, 5.74) is 0.197. The molecule has 0 fully saturated rings. The molecular formula is C9H7FN2O2. The molecule has 0 saturated carbocycles. The summed E-state index contributed by atoms with van der Waals surface area (Å²) >= 11 is 0. The van der Waals surface area contributed by atoms with Crippen LogP contribution in [0.25, 0.3) is 0 Å². The first-order valence-corrected chi connectivity index (χ1v) is 3.75. The highest BCUT2D eigenvalue weighted by atomic mass is 19.1. The Morgan fingerprint density at radius 1 is 1.64 bits per heavy atom. The van der Waals surface area contributed by atoms with Gasteiger partial charge >= 0.3 is 0 Å². The Morgan fingerprint density at radius 2 is 2.43 bits per heavy atom. The number of phenols is 1. The Morgan fingerprint density at radius 3 is 3.14 bits per heavy atom. The van der Waals surface area contributed by atoms with Crippen molar-refractivity contribution >= 4 is 6.21 Å². The molecule has 0 saturated heterocycles. The van der Waals surface area contributed by atoms with Crippen molar-refractivity contribution in [3.63, 3.8) is 0 Å². The summed E-state index contributed by atoms with van der Waals surface area (Å²) < 4.78 is 12.7. The molecule has 1 N–H and O–H groups in total. The smallest absolute Gasteiger partial charge is 0.202 e. The summed E-state index contributed by atoms with van der Waals surface area (Å²) in [6, 6.07) is 5.15. The summed E-state index contributed by atoms with van der Waals surface area (Å²) in [5, 5.41) is 20.7. The van der Waals surface area contributed by atoms with Crippen LogP contribution in [-0.4, -0.2) is 17.9 Å². The van der Waals surface area contributed by atoms with Gasteiger partial charge in [-0.15, -0.1) is 0 Å². The highest BCUT2D eigenvalue weighted by molar-refractivity contribution is 5.82. The van der Waals surface area contributed by atoms with Crippen molar-refractivity contribution in [3.8, 4) is 11.8 Å². The molecule has 0 amide bonds. The normalized spacial score (nSPS) is 10.0. The van der Waals surface area contributed by atoms with Gasteiger partial charge in [-0.25, -0.2) is 4.39 Å². The number of rotatable bonds is 3. The molecule has 1 aromatic rings. The fourth-order valence-corrected chi connectivity index (χ4v) is 0.789. The summed E-state index contributed by atoms with van der Waals surface area (Å²) in [5.74, 6) is -0.583. The molecule has 0 radical (unpaired) electrons. The van der Waals surface area contributed by atoms with Crippen LogP contribution in [0.5, 0.6) is 5.75 Å². The molecule has 1 aromatic carbocycles. The molecule has 0 aromatic heterocycles. The summed E-state index contributed by atoms with van der Waals surface area (Å²) in [4.78, 5) is 4.46. The summed E-state index contributed by atoms with van der Waals surface area (Å²) in [7, 11) is 0. The average molecular weight is 194 g/mol. The maximum atomic E-state index is 12.7. The number of nitriles is 1. The minimum absolute atomic E-state index is 0.101. The SMILES string of the molecule is N#CCO/N=C/c1cc(F)ccc1O. The van der Waals surface area contributed by atoms with E-state index < -0.39 is 5.82 Å². The van der Waals surface area contributed by atoms with Crippen molar-refractivity contribution in [1.29, 1.82) is 5.26 Å². The summed E-state index contributed by atoms with van der Waals surface area (Å²) in [6.07, 6.45) is 1.13. The van der Waals surface area contributed by atoms with E-state index in [4.69, 9.17) is 5.26 Å². The second-order valence-corrected chi connectivity index (χ2v) is 2.37. The van der Waals surface area contributed by atoms with Crippen molar-refractivity contribution < 1.29 is 14.3 Å². The van der Waals surface area contributed by atoms with Gasteiger partial charge in [0, 0.05) is 5.56 Å². The van der Waals surface area contributed by atoms with Crippen LogP contribution in [-0.2, 0) is 4.84 Å². The van der Waals surface area contributed by atoms with Gasteiger partial charge in [-0.1, -0.05) is 5.16 Å². The molecule has 0 aliphatic heterocycles. The lowest BCUT2D eigenvalue weighted by Crippen LogP contribution is -1.87. The highest BCUT2D eigenvalue weighted by Gasteiger charge is 1.99. The Kier molecular flexibility index (Phi) is 3.44. The predicted molar refractivity (Wildman–Crippen MR) is 47.2 cm³/mol. The molecule has 0 aliphatic rings. The average Bonchev–Trinajstić information content (AvgIpc) is 2.18. The Balaban J connectivity index is 2.71. The molecule has 0 bridgehead atoms. The Labute approximate surface area is 79.8 Å². The number of hydrogen-bond donors (Lipinski definition) is 1. The molecule has 72 valence electrons. The van der Waals surface area contributed by atoms with Crippen LogP contribution < -0.4 is 0 Å². The Hall–Kier alpha value is -2.09. The van der Waals surface area contributed by atoms with Crippen LogP contribution in [0.3, 0.4) is 0 Å². The largest absolute Gasteiger partial charge is 0.507 e. The van der Waals surface area contributed by atoms with Crippen LogP contribution in [0.4, 0.5) is 4.39 Å². The van der Waals surface area contributed by atoms with Gasteiger partial charge in [0.15, 0.2) is 0 Å². The molecule has 1 rings (SSSR count). The molecule has 5 heteroatoms. The van der Waals surface area contributed by atoms with E-state index in [9.17, 15) is 9.50 Å². The second kappa shape index (κ2) is 4.82. The van der Waals surface area contributed by atoms with Crippen LogP contribution in [0.2, 0.25) is 0 Å². The van der Waals surface area contributed by atoms with Gasteiger partial charge in [-0.2, -0.15) is 5.26 Å². The van der Waals surface area contributed by atoms with Gasteiger partial charge in [-0.05, 0) is 18.2 Å². The van der Waals surface area contributed by atoms with Crippen molar-refractivity contribution in [3.05, 3.63) is 29.6 Å². The van der Waals surface area contributed by atoms with Gasteiger partial charge in [-0.3, -0.25) is 0 Å². The molecule has 0 atom stereocenters. The van der Waals surface area contributed by atoms with E-state index in [1.807, 2.05) is 0 Å². The quantitative estimate of drug-likeness (QED) is 0.449. The molecular weight excluding hydrogens is 187 g/mol. The zero-order chi connectivity index (χ0) is 10.4. The minimum atomic E-state index is -0.482. The van der Waals surface area contributed by atoms with Crippen molar-refractivity contribution in [2.75, 3.05) is 6.61 Å². The predicted octanol–water partition coefficient (Wildman–Crippen LogP) is 1.41. The minimum Gasteiger partial charge on any atom is -0.507 e. The Bertz CT molecular complexity index is 385. The van der Waals surface area contributed by atoms with E-state index in [-0.39, 0.29) is 17.9 Å². The number of benzene rings is 1. The lowest BCUT2D eigenvalue weighted by Gasteiger charge is -1.97. The van der Waals surface area contributed by atoms with E-state index >= 15 is 0 Å². The first kappa shape index (κ1) is 9.99. The van der Waals surface area contributed by atoms with Gasteiger partial charge in [0.05, 0.1) is 6.21 Å². The topological polar surface area (TPSA) is 65.6 Å². The molecule has 0 heterocycles.